The molecule has 0 aromatic carbocycles. The zero-order chi connectivity index (χ0) is 20.4. The Morgan fingerprint density at radius 1 is 0.793 bits per heavy atom. The van der Waals surface area contributed by atoms with Crippen LogP contribution in [0.1, 0.15) is 77.6 Å². The first-order valence-electron chi connectivity index (χ1n) is 12.1. The van der Waals surface area contributed by atoms with E-state index >= 15 is 0 Å². The highest BCUT2D eigenvalue weighted by Crippen LogP contribution is 2.43. The van der Waals surface area contributed by atoms with Crippen molar-refractivity contribution in [3.8, 4) is 0 Å². The van der Waals surface area contributed by atoms with Gasteiger partial charge in [-0.3, -0.25) is 0 Å². The molecule has 6 unspecified atom stereocenters. The van der Waals surface area contributed by atoms with Gasteiger partial charge in [0.15, 0.2) is 18.6 Å². The molecule has 0 bridgehead atoms. The van der Waals surface area contributed by atoms with Crippen LogP contribution in [0.2, 0.25) is 0 Å². The summed E-state index contributed by atoms with van der Waals surface area (Å²) >= 11 is 0. The quantitative estimate of drug-likeness (QED) is 0.565. The largest absolute Gasteiger partial charge is 0.375 e. The lowest BCUT2D eigenvalue weighted by molar-refractivity contribution is -0.243. The van der Waals surface area contributed by atoms with E-state index in [1.807, 2.05) is 0 Å². The van der Waals surface area contributed by atoms with E-state index in [9.17, 15) is 8.78 Å². The zero-order valence-corrected chi connectivity index (χ0v) is 18.2. The Hall–Kier alpha value is -0.260. The maximum Gasteiger partial charge on any atom is 0.160 e. The van der Waals surface area contributed by atoms with E-state index in [2.05, 4.69) is 6.92 Å². The minimum absolute atomic E-state index is 0.0397. The molecule has 0 spiro atoms. The fourth-order valence-electron chi connectivity index (χ4n) is 6.45. The van der Waals surface area contributed by atoms with Crippen molar-refractivity contribution in [3.05, 3.63) is 0 Å². The van der Waals surface area contributed by atoms with Gasteiger partial charge in [-0.2, -0.15) is 0 Å². The van der Waals surface area contributed by atoms with Gasteiger partial charge in [0.25, 0.3) is 0 Å². The average Bonchev–Trinajstić information content (AvgIpc) is 2.76. The van der Waals surface area contributed by atoms with Crippen molar-refractivity contribution < 1.29 is 23.0 Å². The van der Waals surface area contributed by atoms with Gasteiger partial charge >= 0.3 is 0 Å². The summed E-state index contributed by atoms with van der Waals surface area (Å²) in [6, 6.07) is 0. The number of rotatable bonds is 5. The fourth-order valence-corrected chi connectivity index (χ4v) is 6.45. The maximum atomic E-state index is 14.7. The van der Waals surface area contributed by atoms with E-state index in [-0.39, 0.29) is 5.92 Å². The first-order valence-corrected chi connectivity index (χ1v) is 12.1. The van der Waals surface area contributed by atoms with Crippen LogP contribution in [0.25, 0.3) is 0 Å². The summed E-state index contributed by atoms with van der Waals surface area (Å²) in [5, 5.41) is 0. The first-order chi connectivity index (χ1) is 14.0. The van der Waals surface area contributed by atoms with E-state index < -0.39 is 30.8 Å². The predicted octanol–water partition coefficient (Wildman–Crippen LogP) is 5.85. The number of fused-ring (bicyclic) bond motifs is 1. The van der Waals surface area contributed by atoms with Crippen LogP contribution in [-0.4, -0.2) is 44.6 Å². The van der Waals surface area contributed by atoms with Crippen LogP contribution in [0.3, 0.4) is 0 Å². The summed E-state index contributed by atoms with van der Waals surface area (Å²) in [7, 11) is 1.56. The minimum atomic E-state index is -1.61. The molecule has 6 atom stereocenters. The number of alkyl halides is 2. The number of methoxy groups -OCH3 is 1. The molecule has 29 heavy (non-hydrogen) atoms. The second-order valence-corrected chi connectivity index (χ2v) is 10.4. The van der Waals surface area contributed by atoms with Crippen LogP contribution in [0, 0.1) is 29.6 Å². The van der Waals surface area contributed by atoms with Gasteiger partial charge in [0, 0.05) is 13.7 Å². The normalized spacial score (nSPS) is 48.8. The molecule has 3 aliphatic carbocycles. The Labute approximate surface area is 175 Å². The fraction of sp³-hybridized carbons (Fsp3) is 1.00. The van der Waals surface area contributed by atoms with Crippen LogP contribution < -0.4 is 0 Å². The monoisotopic (exact) mass is 414 g/mol. The summed E-state index contributed by atoms with van der Waals surface area (Å²) in [6.07, 6.45) is 7.79. The van der Waals surface area contributed by atoms with Gasteiger partial charge in [0.05, 0.1) is 12.2 Å². The highest BCUT2D eigenvalue weighted by Gasteiger charge is 2.49. The molecule has 0 amide bonds. The van der Waals surface area contributed by atoms with Gasteiger partial charge in [-0.05, 0) is 87.4 Å². The average molecular weight is 415 g/mol. The lowest BCUT2D eigenvalue weighted by atomic mass is 9.69. The highest BCUT2D eigenvalue weighted by molar-refractivity contribution is 4.97. The van der Waals surface area contributed by atoms with E-state index in [1.165, 1.54) is 51.4 Å². The Morgan fingerprint density at radius 2 is 1.41 bits per heavy atom. The molecule has 168 valence electrons. The Kier molecular flexibility index (Phi) is 7.50. The Bertz CT molecular complexity index is 500. The Balaban J connectivity index is 1.21. The van der Waals surface area contributed by atoms with Gasteiger partial charge < -0.3 is 14.2 Å². The number of halogens is 2. The van der Waals surface area contributed by atoms with Gasteiger partial charge in [-0.15, -0.1) is 0 Å². The summed E-state index contributed by atoms with van der Waals surface area (Å²) in [4.78, 5) is 0. The lowest BCUT2D eigenvalue weighted by Crippen LogP contribution is -2.54. The molecular weight excluding hydrogens is 374 g/mol. The molecule has 0 aromatic rings. The highest BCUT2D eigenvalue weighted by atomic mass is 19.2. The molecule has 4 rings (SSSR count). The van der Waals surface area contributed by atoms with Crippen molar-refractivity contribution in [2.45, 2.75) is 108 Å². The molecule has 1 aliphatic heterocycles. The predicted molar refractivity (Wildman–Crippen MR) is 109 cm³/mol. The van der Waals surface area contributed by atoms with E-state index in [4.69, 9.17) is 14.2 Å². The van der Waals surface area contributed by atoms with Crippen molar-refractivity contribution >= 4 is 0 Å². The summed E-state index contributed by atoms with van der Waals surface area (Å²) in [5.41, 5.74) is 0. The van der Waals surface area contributed by atoms with Crippen molar-refractivity contribution in [2.24, 2.45) is 29.6 Å². The van der Waals surface area contributed by atoms with Gasteiger partial charge in [0.2, 0.25) is 0 Å². The summed E-state index contributed by atoms with van der Waals surface area (Å²) in [6.45, 7) is 2.97. The lowest BCUT2D eigenvalue weighted by Gasteiger charge is -2.45. The number of hydrogen-bond acceptors (Lipinski definition) is 3. The molecule has 4 fully saturated rings. The third kappa shape index (κ3) is 5.15. The standard InChI is InChI=1S/C24H40F2O3/c1-15-3-7-17(8-4-15)18-9-5-16(6-10-18)14-28-20-13-19-11-12-21(27-2)29-24(19)23(26)22(20)25/h15-24H,3-14H2,1-2H3. The zero-order valence-electron chi connectivity index (χ0n) is 18.2. The molecule has 5 heteroatoms. The summed E-state index contributed by atoms with van der Waals surface area (Å²) in [5.74, 6) is 3.27. The SMILES string of the molecule is COC1CCC2CC(OCC3CCC(C4CCC(C)CC4)CC3)C(F)C(F)C2O1. The molecule has 0 radical (unpaired) electrons. The molecule has 1 saturated heterocycles. The Morgan fingerprint density at radius 3 is 2.07 bits per heavy atom. The van der Waals surface area contributed by atoms with Crippen LogP contribution in [0.4, 0.5) is 8.78 Å². The third-order valence-corrected chi connectivity index (χ3v) is 8.48. The van der Waals surface area contributed by atoms with Gasteiger partial charge in [0.1, 0.15) is 0 Å². The molecule has 3 nitrogen and oxygen atoms in total. The van der Waals surface area contributed by atoms with Crippen molar-refractivity contribution in [2.75, 3.05) is 13.7 Å². The minimum Gasteiger partial charge on any atom is -0.375 e. The van der Waals surface area contributed by atoms with Gasteiger partial charge in [-0.1, -0.05) is 19.8 Å². The van der Waals surface area contributed by atoms with Crippen molar-refractivity contribution in [1.29, 1.82) is 0 Å². The van der Waals surface area contributed by atoms with Crippen molar-refractivity contribution in [3.63, 3.8) is 0 Å². The van der Waals surface area contributed by atoms with Crippen molar-refractivity contribution in [1.82, 2.24) is 0 Å². The van der Waals surface area contributed by atoms with E-state index in [1.54, 1.807) is 7.11 Å². The molecule has 4 aliphatic rings. The molecule has 0 aromatic heterocycles. The number of ether oxygens (including phenoxy) is 3. The van der Waals surface area contributed by atoms with Crippen LogP contribution in [-0.2, 0) is 14.2 Å². The molecule has 0 N–H and O–H groups in total. The van der Waals surface area contributed by atoms with Crippen LogP contribution in [0.15, 0.2) is 0 Å². The topological polar surface area (TPSA) is 27.7 Å². The van der Waals surface area contributed by atoms with Gasteiger partial charge in [-0.25, -0.2) is 8.78 Å². The van der Waals surface area contributed by atoms with Crippen LogP contribution in [0.5, 0.6) is 0 Å². The van der Waals surface area contributed by atoms with E-state index in [0.29, 0.717) is 18.9 Å². The third-order valence-electron chi connectivity index (χ3n) is 8.48. The van der Waals surface area contributed by atoms with E-state index in [0.717, 1.165) is 30.6 Å². The summed E-state index contributed by atoms with van der Waals surface area (Å²) < 4.78 is 46.2. The van der Waals surface area contributed by atoms with Crippen LogP contribution >= 0.6 is 0 Å². The smallest absolute Gasteiger partial charge is 0.160 e. The second kappa shape index (κ2) is 9.91. The molecule has 1 heterocycles. The molecule has 3 saturated carbocycles. The second-order valence-electron chi connectivity index (χ2n) is 10.4. The first kappa shape index (κ1) is 22.0. The number of hydrogen-bond donors (Lipinski definition) is 0. The molecular formula is C24H40F2O3. The maximum absolute atomic E-state index is 14.7.